The van der Waals surface area contributed by atoms with Gasteiger partial charge in [0.15, 0.2) is 12.4 Å². The second kappa shape index (κ2) is 8.27. The minimum absolute atomic E-state index is 0.143. The number of hydrogen-bond acceptors (Lipinski definition) is 6. The Morgan fingerprint density at radius 2 is 1.85 bits per heavy atom. The molecule has 7 heteroatoms. The molecule has 0 saturated carbocycles. The molecule has 1 heterocycles. The summed E-state index contributed by atoms with van der Waals surface area (Å²) in [5.41, 5.74) is 0.836. The first-order valence-corrected chi connectivity index (χ1v) is 8.18. The topological polar surface area (TPSA) is 74.5 Å². The van der Waals surface area contributed by atoms with Crippen LogP contribution >= 0.6 is 0 Å². The van der Waals surface area contributed by atoms with Crippen LogP contribution in [0.4, 0.5) is 4.39 Å². The number of nitrogens with zero attached hydrogens (tertiary/aromatic N) is 2. The minimum Gasteiger partial charge on any atom is -0.484 e. The van der Waals surface area contributed by atoms with Crippen molar-refractivity contribution in [2.45, 2.75) is 20.5 Å². The van der Waals surface area contributed by atoms with Crippen LogP contribution in [-0.4, -0.2) is 16.1 Å². The number of aryl methyl sites for hydroxylation is 1. The zero-order chi connectivity index (χ0) is 19.2. The molecule has 3 aromatic rings. The van der Waals surface area contributed by atoms with Gasteiger partial charge in [0.2, 0.25) is 0 Å². The van der Waals surface area contributed by atoms with Crippen LogP contribution in [0.5, 0.6) is 11.5 Å². The van der Waals surface area contributed by atoms with Gasteiger partial charge < -0.3 is 14.0 Å². The van der Waals surface area contributed by atoms with E-state index in [0.29, 0.717) is 34.4 Å². The van der Waals surface area contributed by atoms with E-state index in [9.17, 15) is 9.18 Å². The molecular formula is C20H17FN2O4. The molecule has 0 N–H and O–H groups in total. The molecule has 27 heavy (non-hydrogen) atoms. The summed E-state index contributed by atoms with van der Waals surface area (Å²) >= 11 is 0. The van der Waals surface area contributed by atoms with Crippen LogP contribution in [0, 0.1) is 12.7 Å². The molecule has 0 amide bonds. The highest BCUT2D eigenvalue weighted by Gasteiger charge is 2.08. The van der Waals surface area contributed by atoms with Gasteiger partial charge in [-0.15, -0.1) is 0 Å². The van der Waals surface area contributed by atoms with E-state index in [1.54, 1.807) is 56.3 Å². The third kappa shape index (κ3) is 5.01. The van der Waals surface area contributed by atoms with Crippen LogP contribution in [-0.2, 0) is 11.4 Å². The smallest absolute Gasteiger partial charge is 0.336 e. The predicted octanol–water partition coefficient (Wildman–Crippen LogP) is 4.11. The number of esters is 1. The quantitative estimate of drug-likeness (QED) is 0.370. The average Bonchev–Trinajstić information content (AvgIpc) is 3.06. The summed E-state index contributed by atoms with van der Waals surface area (Å²) in [4.78, 5) is 16.1. The maximum absolute atomic E-state index is 13.7. The number of hydrogen-bond donors (Lipinski definition) is 0. The Hall–Kier alpha value is -3.48. The molecule has 0 aliphatic rings. The largest absolute Gasteiger partial charge is 0.484 e. The standard InChI is InChI=1S/C20H17FN2O4/c1-13(17-5-3-4-6-18(17)21)11-20(24)26-16-9-7-15(8-10-16)25-12-19-22-14(2)23-27-19/h3-11H,12H2,1-2H3/b13-11-. The number of allylic oxidation sites excluding steroid dienone is 1. The van der Waals surface area contributed by atoms with Crippen molar-refractivity contribution in [3.8, 4) is 11.5 Å². The van der Waals surface area contributed by atoms with Crippen LogP contribution < -0.4 is 9.47 Å². The fraction of sp³-hybridized carbons (Fsp3) is 0.150. The summed E-state index contributed by atoms with van der Waals surface area (Å²) < 4.78 is 29.4. The van der Waals surface area contributed by atoms with Crippen molar-refractivity contribution < 1.29 is 23.2 Å². The van der Waals surface area contributed by atoms with Crippen LogP contribution in [0.25, 0.3) is 5.57 Å². The molecule has 0 spiro atoms. The molecule has 0 unspecified atom stereocenters. The molecular weight excluding hydrogens is 351 g/mol. The molecule has 2 aromatic carbocycles. The highest BCUT2D eigenvalue weighted by Crippen LogP contribution is 2.20. The third-order valence-electron chi connectivity index (χ3n) is 3.61. The van der Waals surface area contributed by atoms with E-state index in [1.165, 1.54) is 12.1 Å². The maximum atomic E-state index is 13.7. The second-order valence-electron chi connectivity index (χ2n) is 5.72. The minimum atomic E-state index is -0.592. The average molecular weight is 368 g/mol. The van der Waals surface area contributed by atoms with Gasteiger partial charge in [0.05, 0.1) is 0 Å². The number of benzene rings is 2. The Balaban J connectivity index is 1.58. The Kier molecular flexibility index (Phi) is 5.61. The van der Waals surface area contributed by atoms with E-state index in [-0.39, 0.29) is 6.61 Å². The molecule has 6 nitrogen and oxygen atoms in total. The van der Waals surface area contributed by atoms with Crippen molar-refractivity contribution in [1.29, 1.82) is 0 Å². The van der Waals surface area contributed by atoms with Gasteiger partial charge in [-0.3, -0.25) is 0 Å². The Morgan fingerprint density at radius 1 is 1.15 bits per heavy atom. The van der Waals surface area contributed by atoms with Gasteiger partial charge in [-0.1, -0.05) is 23.4 Å². The first kappa shape index (κ1) is 18.3. The normalized spacial score (nSPS) is 11.3. The summed E-state index contributed by atoms with van der Waals surface area (Å²) in [5, 5.41) is 3.67. The number of carbonyl (C=O) groups is 1. The van der Waals surface area contributed by atoms with Crippen LogP contribution in [0.3, 0.4) is 0 Å². The van der Waals surface area contributed by atoms with E-state index in [1.807, 2.05) is 0 Å². The van der Waals surface area contributed by atoms with Crippen molar-refractivity contribution in [1.82, 2.24) is 10.1 Å². The zero-order valence-electron chi connectivity index (χ0n) is 14.8. The fourth-order valence-electron chi connectivity index (χ4n) is 2.33. The first-order valence-electron chi connectivity index (χ1n) is 8.18. The van der Waals surface area contributed by atoms with Crippen molar-refractivity contribution >= 4 is 11.5 Å². The summed E-state index contributed by atoms with van der Waals surface area (Å²) in [6.45, 7) is 3.51. The van der Waals surface area contributed by atoms with Gasteiger partial charge in [0, 0.05) is 11.6 Å². The first-order chi connectivity index (χ1) is 13.0. The summed E-state index contributed by atoms with van der Waals surface area (Å²) in [7, 11) is 0. The zero-order valence-corrected chi connectivity index (χ0v) is 14.8. The number of aromatic nitrogens is 2. The molecule has 1 aromatic heterocycles. The van der Waals surface area contributed by atoms with Gasteiger partial charge >= 0.3 is 5.97 Å². The SMILES string of the molecule is C/C(=C/C(=O)Oc1ccc(OCc2nc(C)no2)cc1)c1ccccc1F. The summed E-state index contributed by atoms with van der Waals surface area (Å²) in [6.07, 6.45) is 1.25. The van der Waals surface area contributed by atoms with Crippen LogP contribution in [0.1, 0.15) is 24.2 Å². The lowest BCUT2D eigenvalue weighted by Crippen LogP contribution is -2.05. The van der Waals surface area contributed by atoms with Gasteiger partial charge in [-0.25, -0.2) is 9.18 Å². The lowest BCUT2D eigenvalue weighted by Gasteiger charge is -2.06. The van der Waals surface area contributed by atoms with Crippen molar-refractivity contribution in [2.75, 3.05) is 0 Å². The molecule has 0 bridgehead atoms. The van der Waals surface area contributed by atoms with Crippen LogP contribution in [0.2, 0.25) is 0 Å². The maximum Gasteiger partial charge on any atom is 0.336 e. The van der Waals surface area contributed by atoms with Gasteiger partial charge in [-0.2, -0.15) is 4.98 Å². The number of rotatable bonds is 6. The monoisotopic (exact) mass is 368 g/mol. The summed E-state index contributed by atoms with van der Waals surface area (Å²) in [5.74, 6) is 0.830. The Labute approximate surface area is 155 Å². The second-order valence-corrected chi connectivity index (χ2v) is 5.72. The van der Waals surface area contributed by atoms with E-state index in [0.717, 1.165) is 0 Å². The van der Waals surface area contributed by atoms with Crippen LogP contribution in [0.15, 0.2) is 59.1 Å². The van der Waals surface area contributed by atoms with E-state index < -0.39 is 11.8 Å². The highest BCUT2D eigenvalue weighted by atomic mass is 19.1. The van der Waals surface area contributed by atoms with Crippen molar-refractivity contribution in [3.05, 3.63) is 77.7 Å². The highest BCUT2D eigenvalue weighted by molar-refractivity contribution is 5.92. The van der Waals surface area contributed by atoms with Gasteiger partial charge in [0.1, 0.15) is 17.3 Å². The number of halogens is 1. The molecule has 0 atom stereocenters. The summed E-state index contributed by atoms with van der Waals surface area (Å²) in [6, 6.07) is 12.7. The molecule has 3 rings (SSSR count). The third-order valence-corrected chi connectivity index (χ3v) is 3.61. The Bertz CT molecular complexity index is 964. The van der Waals surface area contributed by atoms with E-state index in [4.69, 9.17) is 14.0 Å². The molecule has 138 valence electrons. The molecule has 0 saturated heterocycles. The lowest BCUT2D eigenvalue weighted by atomic mass is 10.1. The molecule has 0 fully saturated rings. The van der Waals surface area contributed by atoms with Gasteiger partial charge in [-0.05, 0) is 49.8 Å². The number of ether oxygens (including phenoxy) is 2. The van der Waals surface area contributed by atoms with Gasteiger partial charge in [0.25, 0.3) is 5.89 Å². The molecule has 0 radical (unpaired) electrons. The molecule has 0 aliphatic carbocycles. The Morgan fingerprint density at radius 3 is 2.52 bits per heavy atom. The lowest BCUT2D eigenvalue weighted by molar-refractivity contribution is -0.128. The van der Waals surface area contributed by atoms with Crippen molar-refractivity contribution in [3.63, 3.8) is 0 Å². The molecule has 0 aliphatic heterocycles. The number of carbonyl (C=O) groups excluding carboxylic acids is 1. The van der Waals surface area contributed by atoms with E-state index >= 15 is 0 Å². The predicted molar refractivity (Wildman–Crippen MR) is 95.5 cm³/mol. The van der Waals surface area contributed by atoms with E-state index in [2.05, 4.69) is 10.1 Å². The van der Waals surface area contributed by atoms with Crippen molar-refractivity contribution in [2.24, 2.45) is 0 Å². The fourth-order valence-corrected chi connectivity index (χ4v) is 2.33.